The van der Waals surface area contributed by atoms with E-state index >= 15 is 0 Å². The van der Waals surface area contributed by atoms with E-state index in [1.165, 1.54) is 11.3 Å². The number of halogens is 1. The van der Waals surface area contributed by atoms with E-state index in [-0.39, 0.29) is 5.91 Å². The van der Waals surface area contributed by atoms with Gasteiger partial charge < -0.3 is 19.1 Å². The highest BCUT2D eigenvalue weighted by atomic mass is 35.5. The molecule has 0 fully saturated rings. The van der Waals surface area contributed by atoms with Crippen LogP contribution in [0.1, 0.15) is 37.6 Å². The maximum absolute atomic E-state index is 13.9. The minimum atomic E-state index is -0.182. The van der Waals surface area contributed by atoms with E-state index in [1.807, 2.05) is 47.0 Å². The number of benzene rings is 2. The molecule has 184 valence electrons. The van der Waals surface area contributed by atoms with E-state index in [0.29, 0.717) is 64.8 Å². The molecule has 34 heavy (non-hydrogen) atoms. The first-order chi connectivity index (χ1) is 16.4. The molecule has 0 radical (unpaired) electrons. The van der Waals surface area contributed by atoms with E-state index in [1.54, 1.807) is 23.1 Å². The molecule has 0 saturated carbocycles. The number of carbonyl (C=O) groups is 1. The van der Waals surface area contributed by atoms with Gasteiger partial charge in [-0.3, -0.25) is 9.69 Å². The third-order valence-electron chi connectivity index (χ3n) is 4.98. The van der Waals surface area contributed by atoms with Crippen LogP contribution in [0.15, 0.2) is 30.3 Å². The molecule has 1 amide bonds. The number of ether oxygens (including phenoxy) is 3. The van der Waals surface area contributed by atoms with Crippen LogP contribution in [0.2, 0.25) is 5.02 Å². The Morgan fingerprint density at radius 2 is 1.65 bits per heavy atom. The summed E-state index contributed by atoms with van der Waals surface area (Å²) in [6.07, 6.45) is 0.788. The van der Waals surface area contributed by atoms with Crippen LogP contribution in [0.25, 0.3) is 10.2 Å². The van der Waals surface area contributed by atoms with Crippen molar-refractivity contribution in [1.29, 1.82) is 0 Å². The van der Waals surface area contributed by atoms with Gasteiger partial charge in [-0.15, -0.1) is 0 Å². The third-order valence-corrected chi connectivity index (χ3v) is 6.33. The fraction of sp³-hybridized carbons (Fsp3) is 0.440. The van der Waals surface area contributed by atoms with Crippen LogP contribution in [0, 0.1) is 0 Å². The van der Waals surface area contributed by atoms with Crippen molar-refractivity contribution in [2.75, 3.05) is 51.9 Å². The molecule has 0 aliphatic heterocycles. The average Bonchev–Trinajstić information content (AvgIpc) is 3.24. The standard InChI is InChI=1S/C25H32ClN3O4S/c1-6-31-19-15-17(16-20(32-7-2)23(19)33-8-3)24(30)29(14-10-13-28(4)5)25-27-22-18(26)11-9-12-21(22)34-25/h9,11-12,15-16H,6-8,10,13-14H2,1-5H3. The van der Waals surface area contributed by atoms with E-state index in [2.05, 4.69) is 4.90 Å². The Labute approximate surface area is 210 Å². The minimum absolute atomic E-state index is 0.182. The molecule has 3 aromatic rings. The number of nitrogens with zero attached hydrogens (tertiary/aromatic N) is 3. The highest BCUT2D eigenvalue weighted by molar-refractivity contribution is 7.22. The Morgan fingerprint density at radius 1 is 1.00 bits per heavy atom. The molecule has 0 N–H and O–H groups in total. The van der Waals surface area contributed by atoms with Gasteiger partial charge in [0.2, 0.25) is 5.75 Å². The molecule has 0 aliphatic rings. The van der Waals surface area contributed by atoms with Gasteiger partial charge in [-0.05, 0) is 72.1 Å². The SMILES string of the molecule is CCOc1cc(C(=O)N(CCCN(C)C)c2nc3c(Cl)cccc3s2)cc(OCC)c1OCC. The number of aromatic nitrogens is 1. The Morgan fingerprint density at radius 3 is 2.21 bits per heavy atom. The van der Waals surface area contributed by atoms with Crippen molar-refractivity contribution in [1.82, 2.24) is 9.88 Å². The third kappa shape index (κ3) is 6.11. The fourth-order valence-corrected chi connectivity index (χ4v) is 4.81. The Hall–Kier alpha value is -2.55. The smallest absolute Gasteiger partial charge is 0.260 e. The zero-order chi connectivity index (χ0) is 24.7. The van der Waals surface area contributed by atoms with Gasteiger partial charge in [0.25, 0.3) is 5.91 Å². The second kappa shape index (κ2) is 12.2. The van der Waals surface area contributed by atoms with Gasteiger partial charge in [0.1, 0.15) is 5.52 Å². The summed E-state index contributed by atoms with van der Waals surface area (Å²) in [6.45, 7) is 8.36. The van der Waals surface area contributed by atoms with Crippen molar-refractivity contribution in [3.05, 3.63) is 40.9 Å². The van der Waals surface area contributed by atoms with Crippen LogP contribution in [-0.4, -0.2) is 62.8 Å². The number of rotatable bonds is 12. The van der Waals surface area contributed by atoms with Gasteiger partial charge in [0.05, 0.1) is 29.5 Å². The van der Waals surface area contributed by atoms with E-state index in [4.69, 9.17) is 30.8 Å². The summed E-state index contributed by atoms with van der Waals surface area (Å²) >= 11 is 7.81. The Balaban J connectivity index is 2.06. The van der Waals surface area contributed by atoms with Crippen molar-refractivity contribution < 1.29 is 19.0 Å². The van der Waals surface area contributed by atoms with Crippen molar-refractivity contribution >= 4 is 44.2 Å². The number of anilines is 1. The highest BCUT2D eigenvalue weighted by Crippen LogP contribution is 2.40. The zero-order valence-electron chi connectivity index (χ0n) is 20.4. The second-order valence-electron chi connectivity index (χ2n) is 7.80. The van der Waals surface area contributed by atoms with E-state index in [0.717, 1.165) is 17.7 Å². The number of carbonyl (C=O) groups excluding carboxylic acids is 1. The number of hydrogen-bond donors (Lipinski definition) is 0. The molecule has 1 aromatic heterocycles. The lowest BCUT2D eigenvalue weighted by atomic mass is 10.1. The topological polar surface area (TPSA) is 64.1 Å². The largest absolute Gasteiger partial charge is 0.490 e. The first-order valence-corrected chi connectivity index (χ1v) is 12.7. The molecule has 0 unspecified atom stereocenters. The maximum Gasteiger partial charge on any atom is 0.260 e. The normalized spacial score (nSPS) is 11.1. The monoisotopic (exact) mass is 505 g/mol. The van der Waals surface area contributed by atoms with Crippen molar-refractivity contribution in [3.8, 4) is 17.2 Å². The van der Waals surface area contributed by atoms with Crippen LogP contribution < -0.4 is 19.1 Å². The van der Waals surface area contributed by atoms with Crippen LogP contribution >= 0.6 is 22.9 Å². The number of amides is 1. The summed E-state index contributed by atoms with van der Waals surface area (Å²) in [5.74, 6) is 1.30. The van der Waals surface area contributed by atoms with Gasteiger partial charge in [-0.1, -0.05) is 29.0 Å². The van der Waals surface area contributed by atoms with E-state index in [9.17, 15) is 4.79 Å². The molecule has 7 nitrogen and oxygen atoms in total. The van der Waals surface area contributed by atoms with Crippen LogP contribution in [-0.2, 0) is 0 Å². The molecule has 9 heteroatoms. The van der Waals surface area contributed by atoms with Crippen LogP contribution in [0.3, 0.4) is 0 Å². The lowest BCUT2D eigenvalue weighted by Gasteiger charge is -2.22. The molecule has 1 heterocycles. The fourth-order valence-electron chi connectivity index (χ4n) is 3.52. The molecule has 0 saturated heterocycles. The number of fused-ring (bicyclic) bond motifs is 1. The number of para-hydroxylation sites is 1. The molecule has 0 atom stereocenters. The number of hydrogen-bond acceptors (Lipinski definition) is 7. The van der Waals surface area contributed by atoms with Crippen molar-refractivity contribution in [3.63, 3.8) is 0 Å². The first-order valence-electron chi connectivity index (χ1n) is 11.5. The van der Waals surface area contributed by atoms with Crippen molar-refractivity contribution in [2.45, 2.75) is 27.2 Å². The lowest BCUT2D eigenvalue weighted by molar-refractivity contribution is 0.0985. The summed E-state index contributed by atoms with van der Waals surface area (Å²) < 4.78 is 18.4. The molecule has 2 aromatic carbocycles. The predicted octanol–water partition coefficient (Wildman–Crippen LogP) is 5.74. The predicted molar refractivity (Wildman–Crippen MR) is 139 cm³/mol. The van der Waals surface area contributed by atoms with Gasteiger partial charge in [0.15, 0.2) is 16.6 Å². The molecule has 0 aliphatic carbocycles. The first kappa shape index (κ1) is 26.1. The Kier molecular flexibility index (Phi) is 9.38. The lowest BCUT2D eigenvalue weighted by Crippen LogP contribution is -2.33. The zero-order valence-corrected chi connectivity index (χ0v) is 22.0. The number of thiazole rings is 1. The Bertz CT molecular complexity index is 1090. The summed E-state index contributed by atoms with van der Waals surface area (Å²) in [5.41, 5.74) is 1.15. The van der Waals surface area contributed by atoms with Crippen LogP contribution in [0.5, 0.6) is 17.2 Å². The van der Waals surface area contributed by atoms with E-state index < -0.39 is 0 Å². The quantitative estimate of drug-likeness (QED) is 0.312. The molecule has 0 spiro atoms. The van der Waals surface area contributed by atoms with Gasteiger partial charge in [-0.25, -0.2) is 4.98 Å². The molecule has 0 bridgehead atoms. The van der Waals surface area contributed by atoms with Gasteiger partial charge >= 0.3 is 0 Å². The minimum Gasteiger partial charge on any atom is -0.490 e. The van der Waals surface area contributed by atoms with Crippen molar-refractivity contribution in [2.24, 2.45) is 0 Å². The second-order valence-corrected chi connectivity index (χ2v) is 9.21. The van der Waals surface area contributed by atoms with Crippen LogP contribution in [0.4, 0.5) is 5.13 Å². The summed E-state index contributed by atoms with van der Waals surface area (Å²) in [6, 6.07) is 9.10. The molecular weight excluding hydrogens is 474 g/mol. The molecular formula is C25H32ClN3O4S. The summed E-state index contributed by atoms with van der Waals surface area (Å²) in [5, 5.41) is 1.18. The van der Waals surface area contributed by atoms with Gasteiger partial charge in [0, 0.05) is 12.1 Å². The summed E-state index contributed by atoms with van der Waals surface area (Å²) in [7, 11) is 4.03. The van der Waals surface area contributed by atoms with Gasteiger partial charge in [-0.2, -0.15) is 0 Å². The maximum atomic E-state index is 13.9. The highest BCUT2D eigenvalue weighted by Gasteiger charge is 2.25. The average molecular weight is 506 g/mol. The summed E-state index contributed by atoms with van der Waals surface area (Å²) in [4.78, 5) is 22.4. The molecule has 3 rings (SSSR count).